The molecule has 0 bridgehead atoms. The summed E-state index contributed by atoms with van der Waals surface area (Å²) in [7, 11) is 0. The van der Waals surface area contributed by atoms with E-state index in [0.29, 0.717) is 18.8 Å². The van der Waals surface area contributed by atoms with Crippen molar-refractivity contribution in [3.8, 4) is 0 Å². The number of aromatic nitrogens is 1. The van der Waals surface area contributed by atoms with E-state index in [-0.39, 0.29) is 12.5 Å². The number of ether oxygens (including phenoxy) is 1. The summed E-state index contributed by atoms with van der Waals surface area (Å²) in [5.74, 6) is -1.24. The predicted molar refractivity (Wildman–Crippen MR) is 70.1 cm³/mol. The SMILES string of the molecule is CCCOCCCNC(=O)c1cccn1CC(=O)O. The maximum absolute atomic E-state index is 11.8. The van der Waals surface area contributed by atoms with Gasteiger partial charge in [0, 0.05) is 26.0 Å². The number of carbonyl (C=O) groups excluding carboxylic acids is 1. The zero-order valence-corrected chi connectivity index (χ0v) is 11.1. The van der Waals surface area contributed by atoms with Gasteiger partial charge in [-0.2, -0.15) is 0 Å². The van der Waals surface area contributed by atoms with Gasteiger partial charge in [-0.1, -0.05) is 6.92 Å². The lowest BCUT2D eigenvalue weighted by Gasteiger charge is -2.08. The Bertz CT molecular complexity index is 415. The molecule has 6 nitrogen and oxygen atoms in total. The number of nitrogens with zero attached hydrogens (tertiary/aromatic N) is 1. The van der Waals surface area contributed by atoms with Crippen molar-refractivity contribution in [1.82, 2.24) is 9.88 Å². The lowest BCUT2D eigenvalue weighted by molar-refractivity contribution is -0.137. The summed E-state index contributed by atoms with van der Waals surface area (Å²) < 4.78 is 6.71. The Balaban J connectivity index is 2.33. The number of aliphatic carboxylic acids is 1. The Kier molecular flexibility index (Phi) is 6.67. The van der Waals surface area contributed by atoms with Crippen LogP contribution in [0.4, 0.5) is 0 Å². The normalized spacial score (nSPS) is 10.4. The van der Waals surface area contributed by atoms with Crippen molar-refractivity contribution in [2.45, 2.75) is 26.3 Å². The molecule has 19 heavy (non-hydrogen) atoms. The van der Waals surface area contributed by atoms with Gasteiger partial charge in [0.15, 0.2) is 0 Å². The third kappa shape index (κ3) is 5.56. The quantitative estimate of drug-likeness (QED) is 0.658. The van der Waals surface area contributed by atoms with E-state index in [4.69, 9.17) is 9.84 Å². The number of carbonyl (C=O) groups is 2. The number of carboxylic acids is 1. The van der Waals surface area contributed by atoms with Gasteiger partial charge in [0.05, 0.1) is 0 Å². The van der Waals surface area contributed by atoms with Gasteiger partial charge in [-0.15, -0.1) is 0 Å². The first kappa shape index (κ1) is 15.2. The van der Waals surface area contributed by atoms with Crippen LogP contribution in [0.2, 0.25) is 0 Å². The molecule has 0 fully saturated rings. The smallest absolute Gasteiger partial charge is 0.323 e. The number of hydrogen-bond donors (Lipinski definition) is 2. The predicted octanol–water partition coefficient (Wildman–Crippen LogP) is 1.12. The summed E-state index contributed by atoms with van der Waals surface area (Å²) in [6, 6.07) is 3.26. The Labute approximate surface area is 112 Å². The highest BCUT2D eigenvalue weighted by atomic mass is 16.5. The molecule has 1 aromatic rings. The fraction of sp³-hybridized carbons (Fsp3) is 0.538. The van der Waals surface area contributed by atoms with Crippen LogP contribution in [0.5, 0.6) is 0 Å². The Morgan fingerprint density at radius 1 is 1.42 bits per heavy atom. The second-order valence-corrected chi connectivity index (χ2v) is 4.14. The Morgan fingerprint density at radius 3 is 2.89 bits per heavy atom. The number of amides is 1. The van der Waals surface area contributed by atoms with Gasteiger partial charge >= 0.3 is 5.97 Å². The molecule has 0 radical (unpaired) electrons. The molecule has 0 saturated carbocycles. The Hall–Kier alpha value is -1.82. The molecule has 1 aromatic heterocycles. The highest BCUT2D eigenvalue weighted by molar-refractivity contribution is 5.93. The average Bonchev–Trinajstić information content (AvgIpc) is 2.80. The van der Waals surface area contributed by atoms with Gasteiger partial charge in [0.2, 0.25) is 0 Å². The number of rotatable bonds is 9. The fourth-order valence-electron chi connectivity index (χ4n) is 1.62. The summed E-state index contributed by atoms with van der Waals surface area (Å²) in [6.07, 6.45) is 3.30. The second-order valence-electron chi connectivity index (χ2n) is 4.14. The van der Waals surface area contributed by atoms with Crippen molar-refractivity contribution in [2.24, 2.45) is 0 Å². The molecule has 1 heterocycles. The highest BCUT2D eigenvalue weighted by Gasteiger charge is 2.11. The zero-order chi connectivity index (χ0) is 14.1. The van der Waals surface area contributed by atoms with Gasteiger partial charge in [-0.25, -0.2) is 0 Å². The van der Waals surface area contributed by atoms with Gasteiger partial charge in [-0.05, 0) is 25.0 Å². The lowest BCUT2D eigenvalue weighted by atomic mass is 10.3. The van der Waals surface area contributed by atoms with Crippen molar-refractivity contribution in [3.63, 3.8) is 0 Å². The first-order chi connectivity index (χ1) is 9.15. The van der Waals surface area contributed by atoms with E-state index in [1.807, 2.05) is 6.92 Å². The number of carboxylic acid groups (broad SMARTS) is 1. The van der Waals surface area contributed by atoms with Crippen LogP contribution >= 0.6 is 0 Å². The van der Waals surface area contributed by atoms with Gasteiger partial charge < -0.3 is 19.7 Å². The van der Waals surface area contributed by atoms with Gasteiger partial charge in [0.25, 0.3) is 5.91 Å². The summed E-state index contributed by atoms with van der Waals surface area (Å²) in [5, 5.41) is 11.5. The standard InChI is InChI=1S/C13H20N2O4/c1-2-8-19-9-4-6-14-13(18)11-5-3-7-15(11)10-12(16)17/h3,5,7H,2,4,6,8-10H2,1H3,(H,14,18)(H,16,17). The molecule has 1 amide bonds. The molecular formula is C13H20N2O4. The fourth-order valence-corrected chi connectivity index (χ4v) is 1.62. The van der Waals surface area contributed by atoms with Gasteiger partial charge in [0.1, 0.15) is 12.2 Å². The van der Waals surface area contributed by atoms with Crippen LogP contribution in [-0.4, -0.2) is 41.3 Å². The number of hydrogen-bond acceptors (Lipinski definition) is 3. The molecular weight excluding hydrogens is 248 g/mol. The van der Waals surface area contributed by atoms with Crippen LogP contribution in [0.1, 0.15) is 30.3 Å². The van der Waals surface area contributed by atoms with Crippen LogP contribution in [0.3, 0.4) is 0 Å². The van der Waals surface area contributed by atoms with Gasteiger partial charge in [-0.3, -0.25) is 9.59 Å². The maximum Gasteiger partial charge on any atom is 0.323 e. The minimum atomic E-state index is -0.974. The first-order valence-electron chi connectivity index (χ1n) is 6.38. The van der Waals surface area contributed by atoms with E-state index in [1.54, 1.807) is 18.3 Å². The molecule has 0 saturated heterocycles. The largest absolute Gasteiger partial charge is 0.480 e. The molecule has 1 rings (SSSR count). The first-order valence-corrected chi connectivity index (χ1v) is 6.38. The molecule has 106 valence electrons. The highest BCUT2D eigenvalue weighted by Crippen LogP contribution is 2.02. The van der Waals surface area contributed by atoms with Crippen molar-refractivity contribution >= 4 is 11.9 Å². The van der Waals surface area contributed by atoms with Crippen LogP contribution in [0.15, 0.2) is 18.3 Å². The summed E-state index contributed by atoms with van der Waals surface area (Å²) >= 11 is 0. The van der Waals surface area contributed by atoms with E-state index in [0.717, 1.165) is 19.4 Å². The molecule has 0 aromatic carbocycles. The molecule has 0 spiro atoms. The third-order valence-corrected chi connectivity index (χ3v) is 2.47. The average molecular weight is 268 g/mol. The van der Waals surface area contributed by atoms with Crippen molar-refractivity contribution in [1.29, 1.82) is 0 Å². The minimum Gasteiger partial charge on any atom is -0.480 e. The summed E-state index contributed by atoms with van der Waals surface area (Å²) in [4.78, 5) is 22.5. The summed E-state index contributed by atoms with van der Waals surface area (Å²) in [6.45, 7) is 3.69. The molecule has 2 N–H and O–H groups in total. The van der Waals surface area contributed by atoms with E-state index in [1.165, 1.54) is 4.57 Å². The van der Waals surface area contributed by atoms with Crippen molar-refractivity contribution in [2.75, 3.05) is 19.8 Å². The van der Waals surface area contributed by atoms with E-state index in [2.05, 4.69) is 5.32 Å². The number of nitrogens with one attached hydrogen (secondary N) is 1. The molecule has 0 atom stereocenters. The lowest BCUT2D eigenvalue weighted by Crippen LogP contribution is -2.28. The Morgan fingerprint density at radius 2 is 2.21 bits per heavy atom. The monoisotopic (exact) mass is 268 g/mol. The van der Waals surface area contributed by atoms with E-state index >= 15 is 0 Å². The van der Waals surface area contributed by atoms with Crippen LogP contribution in [0.25, 0.3) is 0 Å². The second kappa shape index (κ2) is 8.31. The maximum atomic E-state index is 11.8. The van der Waals surface area contributed by atoms with Crippen molar-refractivity contribution < 1.29 is 19.4 Å². The molecule has 0 aliphatic rings. The van der Waals surface area contributed by atoms with Crippen LogP contribution in [0, 0.1) is 0 Å². The third-order valence-electron chi connectivity index (χ3n) is 2.47. The minimum absolute atomic E-state index is 0.213. The molecule has 6 heteroatoms. The van der Waals surface area contributed by atoms with E-state index < -0.39 is 5.97 Å². The zero-order valence-electron chi connectivity index (χ0n) is 11.1. The summed E-state index contributed by atoms with van der Waals surface area (Å²) in [5.41, 5.74) is 0.358. The van der Waals surface area contributed by atoms with Crippen LogP contribution < -0.4 is 5.32 Å². The molecule has 0 aliphatic carbocycles. The molecule has 0 unspecified atom stereocenters. The van der Waals surface area contributed by atoms with Crippen LogP contribution in [-0.2, 0) is 16.1 Å². The topological polar surface area (TPSA) is 80.6 Å². The van der Waals surface area contributed by atoms with E-state index in [9.17, 15) is 9.59 Å². The van der Waals surface area contributed by atoms with Crippen molar-refractivity contribution in [3.05, 3.63) is 24.0 Å². The molecule has 0 aliphatic heterocycles.